The maximum Gasteiger partial charge on any atom is 0.0867 e. The van der Waals surface area contributed by atoms with Crippen molar-refractivity contribution in [2.24, 2.45) is 0 Å². The number of para-hydroxylation sites is 4. The Morgan fingerprint density at radius 3 is 1.08 bits per heavy atom. The largest absolute Gasteiger partial charge is 0.310 e. The van der Waals surface area contributed by atoms with Crippen LogP contribution < -0.4 is 25.8 Å². The van der Waals surface area contributed by atoms with Crippen molar-refractivity contribution in [3.8, 4) is 5.69 Å². The Morgan fingerprint density at radius 1 is 0.344 bits per heavy atom. The molecule has 9 aromatic carbocycles. The van der Waals surface area contributed by atoms with Crippen LogP contribution >= 0.6 is 0 Å². The first kappa shape index (κ1) is 39.1. The van der Waals surface area contributed by atoms with Gasteiger partial charge in [-0.2, -0.15) is 0 Å². The molecule has 0 spiro atoms. The van der Waals surface area contributed by atoms with E-state index in [4.69, 9.17) is 0 Å². The summed E-state index contributed by atoms with van der Waals surface area (Å²) >= 11 is 0. The fourth-order valence-electron chi connectivity index (χ4n) is 9.38. The standard InChI is InChI=1S/C58H48N6/c1-41-38-48(32-35-51(41)58-60-56(42-20-8-2-9-21-42)59-57(61-58)43-22-10-3-11-23-43)64-54-36-33-49(62(44-24-12-4-13-25-44)45-26-14-5-15-27-45)39-52(54)53-40-50(34-37-55(53)64)63(46-28-16-6-17-29-46)47-30-18-7-19-31-47/h2-40,56-61H,1H3. The summed E-state index contributed by atoms with van der Waals surface area (Å²) in [5.41, 5.74) is 14.8. The summed E-state index contributed by atoms with van der Waals surface area (Å²) in [6, 6.07) is 84.6. The second-order valence-electron chi connectivity index (χ2n) is 16.4. The zero-order valence-electron chi connectivity index (χ0n) is 35.6. The van der Waals surface area contributed by atoms with Crippen molar-refractivity contribution in [1.29, 1.82) is 0 Å². The van der Waals surface area contributed by atoms with Crippen LogP contribution in [0.15, 0.2) is 237 Å². The molecule has 64 heavy (non-hydrogen) atoms. The maximum absolute atomic E-state index is 3.89. The summed E-state index contributed by atoms with van der Waals surface area (Å²) in [4.78, 5) is 4.69. The molecule has 1 aliphatic heterocycles. The highest BCUT2D eigenvalue weighted by Gasteiger charge is 2.30. The number of aryl methyl sites for hydroxylation is 1. The predicted octanol–water partition coefficient (Wildman–Crippen LogP) is 14.2. The number of hydrogen-bond acceptors (Lipinski definition) is 5. The summed E-state index contributed by atoms with van der Waals surface area (Å²) < 4.78 is 2.43. The summed E-state index contributed by atoms with van der Waals surface area (Å²) in [6.45, 7) is 2.23. The normalized spacial score (nSPS) is 16.2. The molecule has 0 aliphatic carbocycles. The van der Waals surface area contributed by atoms with Crippen molar-refractivity contribution < 1.29 is 0 Å². The predicted molar refractivity (Wildman–Crippen MR) is 265 cm³/mol. The van der Waals surface area contributed by atoms with E-state index in [0.717, 1.165) is 50.8 Å². The molecule has 1 aromatic heterocycles. The molecule has 2 unspecified atom stereocenters. The molecule has 1 saturated heterocycles. The van der Waals surface area contributed by atoms with Gasteiger partial charge in [0.05, 0.1) is 29.5 Å². The van der Waals surface area contributed by atoms with E-state index in [0.29, 0.717) is 0 Å². The second-order valence-corrected chi connectivity index (χ2v) is 16.4. The molecule has 10 aromatic rings. The van der Waals surface area contributed by atoms with Crippen LogP contribution in [-0.2, 0) is 0 Å². The van der Waals surface area contributed by atoms with E-state index in [1.54, 1.807) is 0 Å². The first-order chi connectivity index (χ1) is 31.7. The highest BCUT2D eigenvalue weighted by molar-refractivity contribution is 6.12. The van der Waals surface area contributed by atoms with E-state index in [-0.39, 0.29) is 18.5 Å². The third-order valence-electron chi connectivity index (χ3n) is 12.4. The fourth-order valence-corrected chi connectivity index (χ4v) is 9.38. The van der Waals surface area contributed by atoms with Gasteiger partial charge in [-0.3, -0.25) is 16.0 Å². The Morgan fingerprint density at radius 2 is 0.703 bits per heavy atom. The zero-order chi connectivity index (χ0) is 42.8. The van der Waals surface area contributed by atoms with Gasteiger partial charge in [0.2, 0.25) is 0 Å². The van der Waals surface area contributed by atoms with E-state index >= 15 is 0 Å². The summed E-state index contributed by atoms with van der Waals surface area (Å²) in [6.07, 6.45) is -0.192. The Balaban J connectivity index is 1.06. The fraction of sp³-hybridized carbons (Fsp3) is 0.0690. The van der Waals surface area contributed by atoms with Crippen LogP contribution in [0, 0.1) is 6.92 Å². The third kappa shape index (κ3) is 7.50. The van der Waals surface area contributed by atoms with Gasteiger partial charge in [-0.15, -0.1) is 0 Å². The molecule has 2 atom stereocenters. The van der Waals surface area contributed by atoms with Crippen molar-refractivity contribution in [2.75, 3.05) is 9.80 Å². The minimum atomic E-state index is -0.0992. The van der Waals surface area contributed by atoms with E-state index in [2.05, 4.69) is 274 Å². The Bertz CT molecular complexity index is 2890. The Hall–Kier alpha value is -7.74. The van der Waals surface area contributed by atoms with Crippen molar-refractivity contribution in [1.82, 2.24) is 20.5 Å². The monoisotopic (exact) mass is 828 g/mol. The molecule has 0 bridgehead atoms. The number of hydrogen-bond donors (Lipinski definition) is 3. The molecule has 6 nitrogen and oxygen atoms in total. The molecule has 0 amide bonds. The molecular weight excluding hydrogens is 781 g/mol. The minimum Gasteiger partial charge on any atom is -0.310 e. The average molecular weight is 829 g/mol. The molecule has 2 heterocycles. The number of fused-ring (bicyclic) bond motifs is 3. The van der Waals surface area contributed by atoms with Gasteiger partial charge >= 0.3 is 0 Å². The highest BCUT2D eigenvalue weighted by atomic mass is 15.4. The maximum atomic E-state index is 3.89. The quantitative estimate of drug-likeness (QED) is 0.128. The lowest BCUT2D eigenvalue weighted by Crippen LogP contribution is -2.54. The van der Waals surface area contributed by atoms with Crippen LogP contribution in [0.25, 0.3) is 27.5 Å². The molecule has 3 N–H and O–H groups in total. The van der Waals surface area contributed by atoms with Crippen LogP contribution in [0.5, 0.6) is 0 Å². The van der Waals surface area contributed by atoms with Crippen LogP contribution in [-0.4, -0.2) is 4.57 Å². The van der Waals surface area contributed by atoms with Crippen molar-refractivity contribution in [3.05, 3.63) is 259 Å². The lowest BCUT2D eigenvalue weighted by Gasteiger charge is -2.40. The van der Waals surface area contributed by atoms with Crippen LogP contribution in [0.1, 0.15) is 40.8 Å². The van der Waals surface area contributed by atoms with E-state index in [1.807, 2.05) is 0 Å². The van der Waals surface area contributed by atoms with Gasteiger partial charge in [0.15, 0.2) is 0 Å². The molecule has 11 rings (SSSR count). The molecule has 0 saturated carbocycles. The van der Waals surface area contributed by atoms with Gasteiger partial charge < -0.3 is 14.4 Å². The molecule has 6 heteroatoms. The highest BCUT2D eigenvalue weighted by Crippen LogP contribution is 2.43. The Labute approximate surface area is 374 Å². The van der Waals surface area contributed by atoms with Crippen LogP contribution in [0.3, 0.4) is 0 Å². The minimum absolute atomic E-state index is 0.0462. The Kier molecular flexibility index (Phi) is 10.5. The third-order valence-corrected chi connectivity index (χ3v) is 12.4. The number of nitrogens with zero attached hydrogens (tertiary/aromatic N) is 3. The van der Waals surface area contributed by atoms with Gasteiger partial charge in [0, 0.05) is 50.6 Å². The summed E-state index contributed by atoms with van der Waals surface area (Å²) in [5, 5.41) is 13.9. The van der Waals surface area contributed by atoms with Crippen molar-refractivity contribution >= 4 is 55.9 Å². The van der Waals surface area contributed by atoms with Crippen molar-refractivity contribution in [3.63, 3.8) is 0 Å². The molecule has 310 valence electrons. The van der Waals surface area contributed by atoms with Crippen LogP contribution in [0.4, 0.5) is 34.1 Å². The summed E-state index contributed by atoms with van der Waals surface area (Å²) in [5.74, 6) is 0. The van der Waals surface area contributed by atoms with Gasteiger partial charge in [-0.1, -0.05) is 140 Å². The first-order valence-electron chi connectivity index (χ1n) is 22.0. The first-order valence-corrected chi connectivity index (χ1v) is 22.0. The van der Waals surface area contributed by atoms with Gasteiger partial charge in [0.1, 0.15) is 0 Å². The van der Waals surface area contributed by atoms with Crippen LogP contribution in [0.2, 0.25) is 0 Å². The van der Waals surface area contributed by atoms with Gasteiger partial charge in [0.25, 0.3) is 0 Å². The zero-order valence-corrected chi connectivity index (χ0v) is 35.6. The van der Waals surface area contributed by atoms with Gasteiger partial charge in [-0.25, -0.2) is 0 Å². The smallest absolute Gasteiger partial charge is 0.0867 e. The number of anilines is 6. The van der Waals surface area contributed by atoms with Crippen molar-refractivity contribution in [2.45, 2.75) is 25.4 Å². The summed E-state index contributed by atoms with van der Waals surface area (Å²) in [7, 11) is 0. The second kappa shape index (κ2) is 17.2. The molecule has 1 aliphatic rings. The number of rotatable bonds is 10. The average Bonchev–Trinajstić information content (AvgIpc) is 3.69. The lowest BCUT2D eigenvalue weighted by molar-refractivity contribution is 0.203. The topological polar surface area (TPSA) is 47.5 Å². The van der Waals surface area contributed by atoms with E-state index < -0.39 is 0 Å². The molecule has 0 radical (unpaired) electrons. The molecule has 1 fully saturated rings. The molecular formula is C58H48N6. The van der Waals surface area contributed by atoms with E-state index in [1.165, 1.54) is 33.0 Å². The number of nitrogens with one attached hydrogen (secondary N) is 3. The van der Waals surface area contributed by atoms with E-state index in [9.17, 15) is 0 Å². The number of benzene rings is 9. The lowest BCUT2D eigenvalue weighted by atomic mass is 10.0. The number of aromatic nitrogens is 1. The SMILES string of the molecule is Cc1cc(-n2c3ccc(N(c4ccccc4)c4ccccc4)cc3c3cc(N(c4ccccc4)c4ccccc4)ccc32)ccc1C1NC(c2ccccc2)NC(c2ccccc2)N1. The van der Waals surface area contributed by atoms with Gasteiger partial charge in [-0.05, 0) is 126 Å².